The van der Waals surface area contributed by atoms with Crippen molar-refractivity contribution in [3.05, 3.63) is 34.9 Å². The number of carbonyl (C=O) groups is 1. The monoisotopic (exact) mass is 257 g/mol. The predicted octanol–water partition coefficient (Wildman–Crippen LogP) is 1.20. The highest BCUT2D eigenvalue weighted by molar-refractivity contribution is 6.06. The van der Waals surface area contributed by atoms with Gasteiger partial charge in [-0.15, -0.1) is 0 Å². The van der Waals surface area contributed by atoms with E-state index in [0.717, 1.165) is 36.4 Å². The zero-order chi connectivity index (χ0) is 13.4. The number of anilines is 1. The SMILES string of the molecule is CC1=CC2=C(CC1)N=C(c1[nH]ncc1N)CN2C=O. The van der Waals surface area contributed by atoms with Gasteiger partial charge in [0.1, 0.15) is 5.69 Å². The van der Waals surface area contributed by atoms with Gasteiger partial charge in [0.15, 0.2) is 0 Å². The summed E-state index contributed by atoms with van der Waals surface area (Å²) in [4.78, 5) is 17.6. The Morgan fingerprint density at radius 2 is 2.32 bits per heavy atom. The number of aliphatic imine (C=N–C) groups is 1. The van der Waals surface area contributed by atoms with Crippen molar-refractivity contribution >= 4 is 17.8 Å². The summed E-state index contributed by atoms with van der Waals surface area (Å²) < 4.78 is 0. The lowest BCUT2D eigenvalue weighted by Crippen LogP contribution is -2.33. The molecule has 2 aliphatic rings. The van der Waals surface area contributed by atoms with E-state index >= 15 is 0 Å². The summed E-state index contributed by atoms with van der Waals surface area (Å²) in [5, 5.41) is 6.74. The standard InChI is InChI=1S/C13H15N5O/c1-8-2-3-10-12(4-8)18(7-19)6-11(16-10)13-9(14)5-15-17-13/h4-5,7H,2-3,6,14H2,1H3,(H,15,17). The number of aromatic nitrogens is 2. The first-order valence-corrected chi connectivity index (χ1v) is 6.18. The highest BCUT2D eigenvalue weighted by atomic mass is 16.1. The summed E-state index contributed by atoms with van der Waals surface area (Å²) in [7, 11) is 0. The smallest absolute Gasteiger partial charge is 0.214 e. The molecule has 2 heterocycles. The van der Waals surface area contributed by atoms with Crippen molar-refractivity contribution in [2.45, 2.75) is 19.8 Å². The number of rotatable bonds is 2. The van der Waals surface area contributed by atoms with Crippen LogP contribution in [-0.4, -0.2) is 33.8 Å². The largest absolute Gasteiger partial charge is 0.396 e. The second-order valence-electron chi connectivity index (χ2n) is 4.81. The second kappa shape index (κ2) is 4.38. The van der Waals surface area contributed by atoms with Gasteiger partial charge in [-0.2, -0.15) is 5.10 Å². The van der Waals surface area contributed by atoms with Crippen molar-refractivity contribution in [1.82, 2.24) is 15.1 Å². The lowest BCUT2D eigenvalue weighted by Gasteiger charge is -2.29. The van der Waals surface area contributed by atoms with Gasteiger partial charge in [-0.3, -0.25) is 14.9 Å². The molecule has 0 saturated heterocycles. The first kappa shape index (κ1) is 11.7. The second-order valence-corrected chi connectivity index (χ2v) is 4.81. The quantitative estimate of drug-likeness (QED) is 0.780. The summed E-state index contributed by atoms with van der Waals surface area (Å²) in [5.74, 6) is 0. The van der Waals surface area contributed by atoms with E-state index in [1.165, 1.54) is 5.57 Å². The number of allylic oxidation sites excluding steroid dienone is 3. The third-order valence-corrected chi connectivity index (χ3v) is 3.42. The van der Waals surface area contributed by atoms with E-state index in [1.807, 2.05) is 6.08 Å². The van der Waals surface area contributed by atoms with Gasteiger partial charge in [-0.25, -0.2) is 0 Å². The van der Waals surface area contributed by atoms with Crippen molar-refractivity contribution < 1.29 is 4.79 Å². The highest BCUT2D eigenvalue weighted by Crippen LogP contribution is 2.30. The van der Waals surface area contributed by atoms with E-state index in [0.29, 0.717) is 17.9 Å². The fraction of sp³-hybridized carbons (Fsp3) is 0.308. The lowest BCUT2D eigenvalue weighted by atomic mass is 9.99. The molecule has 1 aliphatic carbocycles. The van der Waals surface area contributed by atoms with Gasteiger partial charge in [0.05, 0.1) is 35.5 Å². The van der Waals surface area contributed by atoms with Crippen LogP contribution in [0.15, 0.2) is 34.2 Å². The van der Waals surface area contributed by atoms with Crippen molar-refractivity contribution in [3.8, 4) is 0 Å². The molecule has 0 bridgehead atoms. The maximum atomic E-state index is 11.3. The Balaban J connectivity index is 2.07. The van der Waals surface area contributed by atoms with E-state index in [9.17, 15) is 4.79 Å². The normalized spacial score (nSPS) is 18.9. The number of hydrogen-bond acceptors (Lipinski definition) is 4. The molecule has 6 heteroatoms. The summed E-state index contributed by atoms with van der Waals surface area (Å²) in [6.45, 7) is 2.48. The number of carbonyl (C=O) groups excluding carboxylic acids is 1. The van der Waals surface area contributed by atoms with Gasteiger partial charge in [-0.05, 0) is 25.8 Å². The zero-order valence-corrected chi connectivity index (χ0v) is 10.7. The van der Waals surface area contributed by atoms with Gasteiger partial charge in [0.25, 0.3) is 0 Å². The Kier molecular flexibility index (Phi) is 2.70. The summed E-state index contributed by atoms with van der Waals surface area (Å²) in [5.41, 5.74) is 11.0. The van der Waals surface area contributed by atoms with Gasteiger partial charge >= 0.3 is 0 Å². The van der Waals surface area contributed by atoms with Gasteiger partial charge < -0.3 is 10.6 Å². The van der Waals surface area contributed by atoms with Gasteiger partial charge in [0.2, 0.25) is 6.41 Å². The van der Waals surface area contributed by atoms with Crippen LogP contribution in [0.4, 0.5) is 5.69 Å². The number of H-pyrrole nitrogens is 1. The molecule has 0 aromatic carbocycles. The number of nitrogens with two attached hydrogens (primary N) is 1. The van der Waals surface area contributed by atoms with Crippen molar-refractivity contribution in [1.29, 1.82) is 0 Å². The van der Waals surface area contributed by atoms with E-state index in [-0.39, 0.29) is 0 Å². The molecule has 19 heavy (non-hydrogen) atoms. The van der Waals surface area contributed by atoms with E-state index in [1.54, 1.807) is 11.1 Å². The summed E-state index contributed by atoms with van der Waals surface area (Å²) in [6.07, 6.45) is 6.24. The van der Waals surface area contributed by atoms with Crippen LogP contribution in [0.25, 0.3) is 0 Å². The Morgan fingerprint density at radius 1 is 1.47 bits per heavy atom. The Morgan fingerprint density at radius 3 is 3.00 bits per heavy atom. The summed E-state index contributed by atoms with van der Waals surface area (Å²) in [6, 6.07) is 0. The third kappa shape index (κ3) is 1.95. The lowest BCUT2D eigenvalue weighted by molar-refractivity contribution is -0.115. The average Bonchev–Trinajstić information content (AvgIpc) is 2.84. The van der Waals surface area contributed by atoms with Crippen molar-refractivity contribution in [2.75, 3.05) is 12.3 Å². The molecule has 0 unspecified atom stereocenters. The van der Waals surface area contributed by atoms with Crippen LogP contribution in [0.2, 0.25) is 0 Å². The molecule has 3 N–H and O–H groups in total. The third-order valence-electron chi connectivity index (χ3n) is 3.42. The molecule has 3 rings (SSSR count). The van der Waals surface area contributed by atoms with Crippen LogP contribution in [-0.2, 0) is 4.79 Å². The minimum absolute atomic E-state index is 0.415. The number of aromatic amines is 1. The molecular formula is C13H15N5O. The molecule has 6 nitrogen and oxygen atoms in total. The maximum absolute atomic E-state index is 11.3. The molecule has 0 spiro atoms. The van der Waals surface area contributed by atoms with Crippen LogP contribution in [0, 0.1) is 0 Å². The molecule has 1 aromatic heterocycles. The van der Waals surface area contributed by atoms with Crippen molar-refractivity contribution in [3.63, 3.8) is 0 Å². The number of amides is 1. The molecule has 1 aromatic rings. The van der Waals surface area contributed by atoms with Crippen LogP contribution in [0.3, 0.4) is 0 Å². The Bertz CT molecular complexity index is 623. The van der Waals surface area contributed by atoms with Crippen LogP contribution >= 0.6 is 0 Å². The molecule has 1 amide bonds. The Labute approximate surface area is 110 Å². The molecular weight excluding hydrogens is 242 g/mol. The number of nitrogen functional groups attached to an aromatic ring is 1. The topological polar surface area (TPSA) is 87.4 Å². The Hall–Kier alpha value is -2.37. The minimum atomic E-state index is 0.415. The highest BCUT2D eigenvalue weighted by Gasteiger charge is 2.25. The number of nitrogens with one attached hydrogen (secondary N) is 1. The maximum Gasteiger partial charge on any atom is 0.214 e. The van der Waals surface area contributed by atoms with Gasteiger partial charge in [0, 0.05) is 0 Å². The van der Waals surface area contributed by atoms with Crippen LogP contribution in [0.5, 0.6) is 0 Å². The molecule has 0 saturated carbocycles. The van der Waals surface area contributed by atoms with E-state index < -0.39 is 0 Å². The summed E-state index contributed by atoms with van der Waals surface area (Å²) >= 11 is 0. The zero-order valence-electron chi connectivity index (χ0n) is 10.7. The number of nitrogens with zero attached hydrogens (tertiary/aromatic N) is 3. The molecule has 0 atom stereocenters. The molecule has 1 aliphatic heterocycles. The first-order valence-electron chi connectivity index (χ1n) is 6.18. The van der Waals surface area contributed by atoms with E-state index in [4.69, 9.17) is 5.73 Å². The fourth-order valence-electron chi connectivity index (χ4n) is 2.39. The van der Waals surface area contributed by atoms with Crippen LogP contribution < -0.4 is 5.73 Å². The van der Waals surface area contributed by atoms with Crippen LogP contribution in [0.1, 0.15) is 25.5 Å². The molecule has 0 radical (unpaired) electrons. The molecule has 98 valence electrons. The predicted molar refractivity (Wildman–Crippen MR) is 72.3 cm³/mol. The van der Waals surface area contributed by atoms with Gasteiger partial charge in [-0.1, -0.05) is 5.57 Å². The first-order chi connectivity index (χ1) is 9.19. The van der Waals surface area contributed by atoms with Crippen molar-refractivity contribution in [2.24, 2.45) is 4.99 Å². The van der Waals surface area contributed by atoms with E-state index in [2.05, 4.69) is 22.1 Å². The fourth-order valence-corrected chi connectivity index (χ4v) is 2.39. The number of hydrogen-bond donors (Lipinski definition) is 2. The molecule has 0 fully saturated rings. The minimum Gasteiger partial charge on any atom is -0.396 e. The average molecular weight is 257 g/mol.